The third kappa shape index (κ3) is 2.56. The van der Waals surface area contributed by atoms with Crippen molar-refractivity contribution in [2.45, 2.75) is 19.1 Å². The van der Waals surface area contributed by atoms with E-state index in [9.17, 15) is 23.1 Å². The number of ether oxygens (including phenoxy) is 1. The molecule has 7 heteroatoms. The van der Waals surface area contributed by atoms with Gasteiger partial charge in [-0.1, -0.05) is 0 Å². The van der Waals surface area contributed by atoms with Crippen LogP contribution in [-0.4, -0.2) is 24.0 Å². The van der Waals surface area contributed by atoms with E-state index in [0.717, 1.165) is 13.2 Å². The Hall–Kier alpha value is -1.76. The maximum absolute atomic E-state index is 12.6. The summed E-state index contributed by atoms with van der Waals surface area (Å²) in [7, 11) is 0.977. The molecule has 0 amide bonds. The van der Waals surface area contributed by atoms with E-state index in [1.54, 1.807) is 0 Å². The molecule has 100 valence electrons. The van der Waals surface area contributed by atoms with Crippen molar-refractivity contribution < 1.29 is 27.8 Å². The van der Waals surface area contributed by atoms with Crippen LogP contribution >= 0.6 is 0 Å². The second kappa shape index (κ2) is 4.85. The Morgan fingerprint density at radius 1 is 1.44 bits per heavy atom. The quantitative estimate of drug-likeness (QED) is 0.817. The van der Waals surface area contributed by atoms with E-state index in [1.165, 1.54) is 6.92 Å². The number of rotatable bonds is 3. The summed E-state index contributed by atoms with van der Waals surface area (Å²) in [6, 6.07) is 0.623. The van der Waals surface area contributed by atoms with Gasteiger partial charge in [-0.05, 0) is 19.1 Å². The number of ketones is 1. The molecule has 0 aliphatic heterocycles. The fourth-order valence-electron chi connectivity index (χ4n) is 1.45. The van der Waals surface area contributed by atoms with Crippen LogP contribution in [0.5, 0.6) is 11.5 Å². The van der Waals surface area contributed by atoms with Gasteiger partial charge in [-0.15, -0.1) is 0 Å². The first-order chi connectivity index (χ1) is 8.20. The number of Topliss-reactive ketones (excluding diaryl/α,β-unsaturated/α-hetero) is 1. The fourth-order valence-corrected chi connectivity index (χ4v) is 1.45. The number of carbonyl (C=O) groups excluding carboxylic acids is 1. The Labute approximate surface area is 101 Å². The Bertz CT molecular complexity index is 469. The summed E-state index contributed by atoms with van der Waals surface area (Å²) in [4.78, 5) is 11.6. The maximum atomic E-state index is 12.6. The number of hydrogen-bond donors (Lipinski definition) is 2. The lowest BCUT2D eigenvalue weighted by molar-refractivity contribution is -0.138. The molecule has 1 atom stereocenters. The monoisotopic (exact) mass is 263 g/mol. The molecule has 3 N–H and O–H groups in total. The fraction of sp³-hybridized carbons (Fsp3) is 0.364. The maximum Gasteiger partial charge on any atom is 0.420 e. The van der Waals surface area contributed by atoms with Crippen LogP contribution in [0.1, 0.15) is 22.8 Å². The van der Waals surface area contributed by atoms with Gasteiger partial charge in [0.1, 0.15) is 5.56 Å². The summed E-state index contributed by atoms with van der Waals surface area (Å²) in [5.74, 6) is -2.30. The van der Waals surface area contributed by atoms with Crippen molar-refractivity contribution in [1.82, 2.24) is 0 Å². The van der Waals surface area contributed by atoms with Crippen LogP contribution in [-0.2, 0) is 6.18 Å². The van der Waals surface area contributed by atoms with Crippen LogP contribution in [0.3, 0.4) is 0 Å². The molecule has 0 saturated carbocycles. The van der Waals surface area contributed by atoms with Crippen molar-refractivity contribution in [2.24, 2.45) is 5.73 Å². The standard InChI is InChI=1S/C11H12F3NO3/c1-5(15)8(16)6-3-4-7(11(12,13)14)10(18-2)9(6)17/h3-5,17H,15H2,1-2H3. The number of alkyl halides is 3. The van der Waals surface area contributed by atoms with Crippen molar-refractivity contribution >= 4 is 5.78 Å². The number of hydrogen-bond acceptors (Lipinski definition) is 4. The van der Waals surface area contributed by atoms with E-state index < -0.39 is 35.1 Å². The van der Waals surface area contributed by atoms with Crippen LogP contribution in [0.4, 0.5) is 13.2 Å². The first-order valence-corrected chi connectivity index (χ1v) is 4.97. The molecule has 1 rings (SSSR count). The molecule has 1 aromatic rings. The molecule has 0 aromatic heterocycles. The first kappa shape index (κ1) is 14.3. The summed E-state index contributed by atoms with van der Waals surface area (Å²) in [6.45, 7) is 1.37. The molecule has 0 spiro atoms. The molecule has 1 aromatic carbocycles. The number of methoxy groups -OCH3 is 1. The Morgan fingerprint density at radius 2 is 2.00 bits per heavy atom. The molecule has 1 unspecified atom stereocenters. The molecular formula is C11H12F3NO3. The van der Waals surface area contributed by atoms with Crippen LogP contribution in [0.15, 0.2) is 12.1 Å². The Morgan fingerprint density at radius 3 is 2.39 bits per heavy atom. The lowest BCUT2D eigenvalue weighted by Crippen LogP contribution is -2.27. The second-order valence-corrected chi connectivity index (χ2v) is 3.69. The van der Waals surface area contributed by atoms with Crippen LogP contribution in [0.2, 0.25) is 0 Å². The zero-order valence-corrected chi connectivity index (χ0v) is 9.71. The van der Waals surface area contributed by atoms with Gasteiger partial charge in [0.25, 0.3) is 0 Å². The Balaban J connectivity index is 3.43. The number of nitrogens with two attached hydrogens (primary N) is 1. The molecule has 4 nitrogen and oxygen atoms in total. The second-order valence-electron chi connectivity index (χ2n) is 3.69. The summed E-state index contributed by atoms with van der Waals surface area (Å²) < 4.78 is 42.3. The number of carbonyl (C=O) groups is 1. The lowest BCUT2D eigenvalue weighted by Gasteiger charge is -2.15. The van der Waals surface area contributed by atoms with E-state index in [-0.39, 0.29) is 5.56 Å². The van der Waals surface area contributed by atoms with Crippen molar-refractivity contribution in [1.29, 1.82) is 0 Å². The third-order valence-electron chi connectivity index (χ3n) is 2.32. The van der Waals surface area contributed by atoms with Crippen LogP contribution < -0.4 is 10.5 Å². The Kier molecular flexibility index (Phi) is 3.85. The molecule has 0 bridgehead atoms. The van der Waals surface area contributed by atoms with E-state index in [1.807, 2.05) is 0 Å². The van der Waals surface area contributed by atoms with Crippen molar-refractivity contribution in [3.05, 3.63) is 23.3 Å². The zero-order chi connectivity index (χ0) is 14.1. The molecule has 0 fully saturated rings. The average Bonchev–Trinajstić information content (AvgIpc) is 2.26. The van der Waals surface area contributed by atoms with Gasteiger partial charge >= 0.3 is 6.18 Å². The SMILES string of the molecule is COc1c(C(F)(F)F)ccc(C(=O)C(C)N)c1O. The largest absolute Gasteiger partial charge is 0.504 e. The van der Waals surface area contributed by atoms with Gasteiger partial charge < -0.3 is 15.6 Å². The molecule has 0 heterocycles. The van der Waals surface area contributed by atoms with Gasteiger partial charge in [0.15, 0.2) is 17.3 Å². The minimum atomic E-state index is -4.68. The zero-order valence-electron chi connectivity index (χ0n) is 9.71. The molecular weight excluding hydrogens is 251 g/mol. The average molecular weight is 263 g/mol. The highest BCUT2D eigenvalue weighted by Gasteiger charge is 2.37. The topological polar surface area (TPSA) is 72.5 Å². The smallest absolute Gasteiger partial charge is 0.420 e. The van der Waals surface area contributed by atoms with Gasteiger partial charge in [-0.3, -0.25) is 4.79 Å². The summed E-state index contributed by atoms with van der Waals surface area (Å²) in [5.41, 5.74) is 3.88. The predicted octanol–water partition coefficient (Wildman–Crippen LogP) is 1.95. The van der Waals surface area contributed by atoms with Crippen molar-refractivity contribution in [2.75, 3.05) is 7.11 Å². The van der Waals surface area contributed by atoms with E-state index >= 15 is 0 Å². The minimum Gasteiger partial charge on any atom is -0.504 e. The van der Waals surface area contributed by atoms with E-state index in [2.05, 4.69) is 4.74 Å². The van der Waals surface area contributed by atoms with Gasteiger partial charge in [0, 0.05) is 0 Å². The third-order valence-corrected chi connectivity index (χ3v) is 2.32. The van der Waals surface area contributed by atoms with E-state index in [4.69, 9.17) is 5.73 Å². The number of phenols is 1. The highest BCUT2D eigenvalue weighted by Crippen LogP contribution is 2.42. The van der Waals surface area contributed by atoms with Gasteiger partial charge in [0.05, 0.1) is 18.7 Å². The summed E-state index contributed by atoms with van der Waals surface area (Å²) in [5, 5.41) is 9.65. The highest BCUT2D eigenvalue weighted by atomic mass is 19.4. The normalized spacial score (nSPS) is 13.2. The van der Waals surface area contributed by atoms with Crippen LogP contribution in [0.25, 0.3) is 0 Å². The van der Waals surface area contributed by atoms with Crippen molar-refractivity contribution in [3.8, 4) is 11.5 Å². The predicted molar refractivity (Wildman–Crippen MR) is 57.6 cm³/mol. The number of halogens is 3. The van der Waals surface area contributed by atoms with Gasteiger partial charge in [-0.25, -0.2) is 0 Å². The molecule has 0 saturated heterocycles. The summed E-state index contributed by atoms with van der Waals surface area (Å²) in [6.07, 6.45) is -4.68. The lowest BCUT2D eigenvalue weighted by atomic mass is 10.0. The van der Waals surface area contributed by atoms with Gasteiger partial charge in [-0.2, -0.15) is 13.2 Å². The molecule has 0 aliphatic rings. The molecule has 0 radical (unpaired) electrons. The molecule has 18 heavy (non-hydrogen) atoms. The van der Waals surface area contributed by atoms with Gasteiger partial charge in [0.2, 0.25) is 0 Å². The first-order valence-electron chi connectivity index (χ1n) is 4.97. The summed E-state index contributed by atoms with van der Waals surface area (Å²) >= 11 is 0. The van der Waals surface area contributed by atoms with Crippen molar-refractivity contribution in [3.63, 3.8) is 0 Å². The number of benzene rings is 1. The highest BCUT2D eigenvalue weighted by molar-refractivity contribution is 6.02. The minimum absolute atomic E-state index is 0.296. The van der Waals surface area contributed by atoms with Crippen LogP contribution in [0, 0.1) is 0 Å². The number of aromatic hydroxyl groups is 1. The number of phenolic OH excluding ortho intramolecular Hbond substituents is 1. The molecule has 0 aliphatic carbocycles. The van der Waals surface area contributed by atoms with E-state index in [0.29, 0.717) is 6.07 Å².